The number of fused-ring (bicyclic) bond motifs is 1. The number of benzene rings is 1. The van der Waals surface area contributed by atoms with Crippen molar-refractivity contribution < 1.29 is 0 Å². The molecule has 1 unspecified atom stereocenters. The number of nitriles is 1. The number of unbranched alkanes of at least 4 members (excludes halogenated alkanes) is 1. The number of hydrogen-bond donors (Lipinski definition) is 0. The van der Waals surface area contributed by atoms with E-state index in [0.717, 1.165) is 37.8 Å². The summed E-state index contributed by atoms with van der Waals surface area (Å²) >= 11 is 0. The molecule has 0 radical (unpaired) electrons. The summed E-state index contributed by atoms with van der Waals surface area (Å²) in [6, 6.07) is 8.90. The molecule has 1 atom stereocenters. The summed E-state index contributed by atoms with van der Waals surface area (Å²) in [7, 11) is 2.21. The Balaban J connectivity index is 2.28. The van der Waals surface area contributed by atoms with Crippen LogP contribution in [-0.2, 0) is 6.42 Å². The maximum absolute atomic E-state index is 9.17. The summed E-state index contributed by atoms with van der Waals surface area (Å²) in [6.07, 6.45) is 6.45. The minimum atomic E-state index is 0.318. The van der Waals surface area contributed by atoms with Crippen LogP contribution in [0.5, 0.6) is 0 Å². The monoisotopic (exact) mass is 282 g/mol. The van der Waals surface area contributed by atoms with Gasteiger partial charge in [-0.15, -0.1) is 6.58 Å². The number of allylic oxidation sites excluding steroid dienone is 1. The van der Waals surface area contributed by atoms with E-state index in [1.165, 1.54) is 11.1 Å². The van der Waals surface area contributed by atoms with Gasteiger partial charge in [0.2, 0.25) is 0 Å². The van der Waals surface area contributed by atoms with Crippen molar-refractivity contribution >= 4 is 0 Å². The molecular weight excluding hydrogens is 256 g/mol. The Morgan fingerprint density at radius 1 is 1.48 bits per heavy atom. The average Bonchev–Trinajstić information content (AvgIpc) is 2.45. The lowest BCUT2D eigenvalue weighted by Crippen LogP contribution is -2.35. The van der Waals surface area contributed by atoms with Crippen LogP contribution in [-0.4, -0.2) is 18.5 Å². The largest absolute Gasteiger partial charge is 0.299 e. The summed E-state index contributed by atoms with van der Waals surface area (Å²) in [5.74, 6) is 0. The number of hydrogen-bond acceptors (Lipinski definition) is 2. The van der Waals surface area contributed by atoms with Gasteiger partial charge in [0.1, 0.15) is 0 Å². The third kappa shape index (κ3) is 3.74. The van der Waals surface area contributed by atoms with Gasteiger partial charge in [-0.05, 0) is 68.0 Å². The van der Waals surface area contributed by atoms with E-state index in [4.69, 9.17) is 5.26 Å². The van der Waals surface area contributed by atoms with Crippen LogP contribution in [0.2, 0.25) is 0 Å². The SMILES string of the molecule is C=CCCCN(C)C1CC(C)(C)Cc2ccc(C#N)cc21. The molecule has 0 aromatic heterocycles. The van der Waals surface area contributed by atoms with Gasteiger partial charge >= 0.3 is 0 Å². The molecule has 1 aromatic carbocycles. The first-order chi connectivity index (χ1) is 9.96. The average molecular weight is 282 g/mol. The van der Waals surface area contributed by atoms with Crippen molar-refractivity contribution in [3.8, 4) is 6.07 Å². The van der Waals surface area contributed by atoms with Crippen molar-refractivity contribution in [2.24, 2.45) is 5.41 Å². The van der Waals surface area contributed by atoms with Crippen LogP contribution >= 0.6 is 0 Å². The second-order valence-corrected chi connectivity index (χ2v) is 7.00. The molecule has 2 nitrogen and oxygen atoms in total. The van der Waals surface area contributed by atoms with E-state index in [-0.39, 0.29) is 0 Å². The molecule has 112 valence electrons. The molecule has 0 saturated heterocycles. The van der Waals surface area contributed by atoms with Crippen LogP contribution in [0.25, 0.3) is 0 Å². The molecule has 1 aromatic rings. The zero-order valence-corrected chi connectivity index (χ0v) is 13.5. The van der Waals surface area contributed by atoms with Crippen molar-refractivity contribution in [2.75, 3.05) is 13.6 Å². The van der Waals surface area contributed by atoms with Crippen LogP contribution in [0, 0.1) is 16.7 Å². The van der Waals surface area contributed by atoms with E-state index in [2.05, 4.69) is 50.6 Å². The molecule has 0 saturated carbocycles. The fraction of sp³-hybridized carbons (Fsp3) is 0.526. The van der Waals surface area contributed by atoms with Gasteiger partial charge in [0, 0.05) is 6.04 Å². The van der Waals surface area contributed by atoms with Gasteiger partial charge in [0.05, 0.1) is 11.6 Å². The van der Waals surface area contributed by atoms with Gasteiger partial charge in [-0.1, -0.05) is 26.0 Å². The lowest BCUT2D eigenvalue weighted by Gasteiger charge is -2.41. The Kier molecular flexibility index (Phi) is 4.85. The maximum atomic E-state index is 9.17. The maximum Gasteiger partial charge on any atom is 0.0991 e. The van der Waals surface area contributed by atoms with Crippen LogP contribution in [0.3, 0.4) is 0 Å². The second-order valence-electron chi connectivity index (χ2n) is 7.00. The predicted octanol–water partition coefficient (Wildman–Crippen LogP) is 4.47. The molecule has 0 aliphatic heterocycles. The van der Waals surface area contributed by atoms with E-state index in [0.29, 0.717) is 11.5 Å². The highest BCUT2D eigenvalue weighted by Crippen LogP contribution is 2.43. The minimum Gasteiger partial charge on any atom is -0.299 e. The number of nitrogens with zero attached hydrogens (tertiary/aromatic N) is 2. The van der Waals surface area contributed by atoms with Gasteiger partial charge in [-0.3, -0.25) is 4.90 Å². The standard InChI is InChI=1S/C19H26N2/c1-5-6-7-10-21(4)18-13-19(2,3)12-16-9-8-15(14-20)11-17(16)18/h5,8-9,11,18H,1,6-7,10,12-13H2,2-4H3. The Morgan fingerprint density at radius 2 is 2.24 bits per heavy atom. The summed E-state index contributed by atoms with van der Waals surface area (Å²) in [4.78, 5) is 2.45. The topological polar surface area (TPSA) is 27.0 Å². The van der Waals surface area contributed by atoms with Gasteiger partial charge in [0.15, 0.2) is 0 Å². The van der Waals surface area contributed by atoms with Crippen molar-refractivity contribution in [3.05, 3.63) is 47.5 Å². The molecule has 2 heteroatoms. The first-order valence-electron chi connectivity index (χ1n) is 7.81. The summed E-state index contributed by atoms with van der Waals surface area (Å²) in [5, 5.41) is 9.17. The third-order valence-corrected chi connectivity index (χ3v) is 4.50. The molecule has 0 heterocycles. The molecule has 0 fully saturated rings. The van der Waals surface area contributed by atoms with Gasteiger partial charge in [0.25, 0.3) is 0 Å². The van der Waals surface area contributed by atoms with Crippen LogP contribution in [0.15, 0.2) is 30.9 Å². The highest BCUT2D eigenvalue weighted by atomic mass is 15.1. The first-order valence-corrected chi connectivity index (χ1v) is 7.81. The van der Waals surface area contributed by atoms with Crippen molar-refractivity contribution in [3.63, 3.8) is 0 Å². The van der Waals surface area contributed by atoms with E-state index >= 15 is 0 Å². The Morgan fingerprint density at radius 3 is 2.90 bits per heavy atom. The van der Waals surface area contributed by atoms with Crippen molar-refractivity contribution in [1.29, 1.82) is 5.26 Å². The van der Waals surface area contributed by atoms with Crippen LogP contribution < -0.4 is 0 Å². The van der Waals surface area contributed by atoms with E-state index in [9.17, 15) is 0 Å². The van der Waals surface area contributed by atoms with E-state index in [1.807, 2.05) is 12.1 Å². The molecule has 0 bridgehead atoms. The fourth-order valence-electron chi connectivity index (χ4n) is 3.39. The molecular formula is C19H26N2. The Hall–Kier alpha value is -1.59. The number of rotatable bonds is 5. The quantitative estimate of drug-likeness (QED) is 0.588. The van der Waals surface area contributed by atoms with Gasteiger partial charge < -0.3 is 0 Å². The van der Waals surface area contributed by atoms with Gasteiger partial charge in [-0.25, -0.2) is 0 Å². The minimum absolute atomic E-state index is 0.318. The Bertz CT molecular complexity index is 551. The zero-order chi connectivity index (χ0) is 15.5. The molecule has 0 spiro atoms. The molecule has 2 rings (SSSR count). The van der Waals surface area contributed by atoms with Gasteiger partial charge in [-0.2, -0.15) is 5.26 Å². The normalized spacial score (nSPS) is 19.9. The van der Waals surface area contributed by atoms with Crippen LogP contribution in [0.4, 0.5) is 0 Å². The lowest BCUT2D eigenvalue weighted by molar-refractivity contribution is 0.153. The third-order valence-electron chi connectivity index (χ3n) is 4.50. The fourth-order valence-corrected chi connectivity index (χ4v) is 3.39. The smallest absolute Gasteiger partial charge is 0.0991 e. The van der Waals surface area contributed by atoms with Crippen molar-refractivity contribution in [2.45, 2.75) is 45.6 Å². The molecule has 0 N–H and O–H groups in total. The summed E-state index contributed by atoms with van der Waals surface area (Å²) < 4.78 is 0. The molecule has 1 aliphatic carbocycles. The summed E-state index contributed by atoms with van der Waals surface area (Å²) in [6.45, 7) is 9.56. The molecule has 21 heavy (non-hydrogen) atoms. The highest BCUT2D eigenvalue weighted by Gasteiger charge is 2.34. The summed E-state index contributed by atoms with van der Waals surface area (Å²) in [5.41, 5.74) is 3.86. The highest BCUT2D eigenvalue weighted by molar-refractivity contribution is 5.42. The van der Waals surface area contributed by atoms with E-state index in [1.54, 1.807) is 0 Å². The lowest BCUT2D eigenvalue weighted by atomic mass is 9.71. The molecule has 1 aliphatic rings. The van der Waals surface area contributed by atoms with Crippen molar-refractivity contribution in [1.82, 2.24) is 4.90 Å². The first kappa shape index (κ1) is 15.8. The predicted molar refractivity (Wildman–Crippen MR) is 88.1 cm³/mol. The molecule has 0 amide bonds. The second kappa shape index (κ2) is 6.45. The zero-order valence-electron chi connectivity index (χ0n) is 13.5. The Labute approximate surface area is 129 Å². The van der Waals surface area contributed by atoms with Crippen LogP contribution in [0.1, 0.15) is 55.8 Å². The van der Waals surface area contributed by atoms with E-state index < -0.39 is 0 Å².